The van der Waals surface area contributed by atoms with Gasteiger partial charge < -0.3 is 20.5 Å². The number of rotatable bonds is 7. The molecule has 1 amide bonds. The number of aromatic nitrogens is 2. The van der Waals surface area contributed by atoms with Crippen LogP contribution in [-0.4, -0.2) is 56.9 Å². The maximum atomic E-state index is 11.9. The molecule has 4 N–H and O–H groups in total. The first-order valence-electron chi connectivity index (χ1n) is 9.22. The van der Waals surface area contributed by atoms with E-state index in [0.29, 0.717) is 36.7 Å². The van der Waals surface area contributed by atoms with E-state index in [2.05, 4.69) is 9.97 Å². The number of benzene rings is 1. The Balaban J connectivity index is 1.61. The number of nitrogen functional groups attached to an aromatic ring is 1. The smallest absolute Gasteiger partial charge is 0.303 e. The molecule has 1 fully saturated rings. The van der Waals surface area contributed by atoms with E-state index >= 15 is 0 Å². The van der Waals surface area contributed by atoms with Crippen LogP contribution in [0.15, 0.2) is 36.7 Å². The van der Waals surface area contributed by atoms with Gasteiger partial charge in [-0.25, -0.2) is 9.97 Å². The molecule has 1 aliphatic heterocycles. The number of nitrogens with zero attached hydrogens (tertiary/aromatic N) is 3. The van der Waals surface area contributed by atoms with E-state index in [1.54, 1.807) is 17.0 Å². The molecule has 1 saturated heterocycles. The van der Waals surface area contributed by atoms with Gasteiger partial charge in [-0.15, -0.1) is 0 Å². The van der Waals surface area contributed by atoms with Gasteiger partial charge in [0.1, 0.15) is 18.2 Å². The fraction of sp³-hybridized carbons (Fsp3) is 0.350. The van der Waals surface area contributed by atoms with Gasteiger partial charge in [0.15, 0.2) is 5.82 Å². The fourth-order valence-corrected chi connectivity index (χ4v) is 3.46. The van der Waals surface area contributed by atoms with Crippen molar-refractivity contribution in [2.75, 3.05) is 13.2 Å². The highest BCUT2D eigenvalue weighted by Crippen LogP contribution is 2.27. The quantitative estimate of drug-likeness (QED) is 0.475. The van der Waals surface area contributed by atoms with Gasteiger partial charge in [0, 0.05) is 37.8 Å². The number of carboxylic acids is 1. The van der Waals surface area contributed by atoms with Crippen LogP contribution in [0.1, 0.15) is 25.3 Å². The number of likely N-dealkylation sites (tertiary alicyclic amines) is 1. The molecule has 9 heteroatoms. The zero-order valence-electron chi connectivity index (χ0n) is 16.0. The Hall–Kier alpha value is -3.49. The summed E-state index contributed by atoms with van der Waals surface area (Å²) in [4.78, 5) is 32.9. The molecule has 1 aromatic carbocycles. The highest BCUT2D eigenvalue weighted by molar-refractivity contribution is 5.94. The van der Waals surface area contributed by atoms with E-state index < -0.39 is 5.97 Å². The molecule has 0 unspecified atom stereocenters. The third-order valence-electron chi connectivity index (χ3n) is 4.89. The standard InChI is InChI=1S/C20H23N5O4/c1-12(26)25-10-13(7-18(27)28)6-16(25)11-29-17-4-2-14(3-5-17)20-23-8-15(9-24-20)19(21)22/h2-5,8-9,13,16H,6-7,10-11H2,1H3,(H3,21,22)(H,27,28)/t13-,16-/m0/s1. The number of aliphatic carboxylic acids is 1. The molecular weight excluding hydrogens is 374 g/mol. The summed E-state index contributed by atoms with van der Waals surface area (Å²) in [5, 5.41) is 16.4. The largest absolute Gasteiger partial charge is 0.491 e. The molecule has 0 bridgehead atoms. The summed E-state index contributed by atoms with van der Waals surface area (Å²) in [6, 6.07) is 7.09. The highest BCUT2D eigenvalue weighted by atomic mass is 16.5. The Bertz CT molecular complexity index is 898. The maximum absolute atomic E-state index is 11.9. The minimum Gasteiger partial charge on any atom is -0.491 e. The summed E-state index contributed by atoms with van der Waals surface area (Å²) in [5.74, 6) is 0.0815. The summed E-state index contributed by atoms with van der Waals surface area (Å²) >= 11 is 0. The van der Waals surface area contributed by atoms with Crippen molar-refractivity contribution in [3.63, 3.8) is 0 Å². The van der Waals surface area contributed by atoms with Crippen LogP contribution in [0.4, 0.5) is 0 Å². The Morgan fingerprint density at radius 1 is 1.28 bits per heavy atom. The van der Waals surface area contributed by atoms with Crippen molar-refractivity contribution >= 4 is 17.7 Å². The number of hydrogen-bond donors (Lipinski definition) is 3. The molecule has 2 atom stereocenters. The number of nitrogens with two attached hydrogens (primary N) is 1. The lowest BCUT2D eigenvalue weighted by atomic mass is 10.0. The topological polar surface area (TPSA) is 142 Å². The monoisotopic (exact) mass is 397 g/mol. The van der Waals surface area contributed by atoms with Gasteiger partial charge in [0.25, 0.3) is 0 Å². The first kappa shape index (κ1) is 20.2. The van der Waals surface area contributed by atoms with E-state index in [1.165, 1.54) is 19.3 Å². The second-order valence-electron chi connectivity index (χ2n) is 7.07. The summed E-state index contributed by atoms with van der Waals surface area (Å²) in [6.45, 7) is 2.24. The molecule has 9 nitrogen and oxygen atoms in total. The Labute approximate surface area is 168 Å². The molecule has 152 valence electrons. The van der Waals surface area contributed by atoms with E-state index in [0.717, 1.165) is 5.56 Å². The maximum Gasteiger partial charge on any atom is 0.303 e. The van der Waals surface area contributed by atoms with Crippen LogP contribution in [0.3, 0.4) is 0 Å². The minimum absolute atomic E-state index is 0.0530. The normalized spacial score (nSPS) is 18.4. The number of nitrogens with one attached hydrogen (secondary N) is 1. The first-order valence-corrected chi connectivity index (χ1v) is 9.22. The summed E-state index contributed by atoms with van der Waals surface area (Å²) in [6.07, 6.45) is 3.66. The second kappa shape index (κ2) is 8.68. The van der Waals surface area contributed by atoms with Gasteiger partial charge in [0.05, 0.1) is 11.6 Å². The van der Waals surface area contributed by atoms with Crippen LogP contribution < -0.4 is 10.5 Å². The molecule has 2 aromatic rings. The predicted molar refractivity (Wildman–Crippen MR) is 106 cm³/mol. The van der Waals surface area contributed by atoms with Crippen LogP contribution >= 0.6 is 0 Å². The number of hydrogen-bond acceptors (Lipinski definition) is 6. The number of carboxylic acid groups (broad SMARTS) is 1. The van der Waals surface area contributed by atoms with Crippen LogP contribution in [0.5, 0.6) is 5.75 Å². The molecule has 0 saturated carbocycles. The molecule has 29 heavy (non-hydrogen) atoms. The van der Waals surface area contributed by atoms with E-state index in [4.69, 9.17) is 21.0 Å². The van der Waals surface area contributed by atoms with Gasteiger partial charge in [-0.2, -0.15) is 0 Å². The van der Waals surface area contributed by atoms with Crippen LogP contribution in [0.25, 0.3) is 11.4 Å². The summed E-state index contributed by atoms with van der Waals surface area (Å²) in [5.41, 5.74) is 6.65. The number of carbonyl (C=O) groups is 2. The molecule has 0 spiro atoms. The molecule has 2 heterocycles. The van der Waals surface area contributed by atoms with E-state index in [9.17, 15) is 9.59 Å². The van der Waals surface area contributed by atoms with Gasteiger partial charge in [-0.3, -0.25) is 15.0 Å². The van der Waals surface area contributed by atoms with Gasteiger partial charge in [-0.1, -0.05) is 0 Å². The van der Waals surface area contributed by atoms with Crippen molar-refractivity contribution in [3.8, 4) is 17.1 Å². The molecule has 0 aliphatic carbocycles. The average molecular weight is 397 g/mol. The molecule has 0 radical (unpaired) electrons. The number of carbonyl (C=O) groups excluding carboxylic acids is 1. The summed E-state index contributed by atoms with van der Waals surface area (Å²) in [7, 11) is 0. The van der Waals surface area contributed by atoms with Gasteiger partial charge in [-0.05, 0) is 36.6 Å². The third-order valence-corrected chi connectivity index (χ3v) is 4.89. The number of amides is 1. The Morgan fingerprint density at radius 3 is 2.48 bits per heavy atom. The van der Waals surface area contributed by atoms with Crippen molar-refractivity contribution in [2.45, 2.75) is 25.8 Å². The predicted octanol–water partition coefficient (Wildman–Crippen LogP) is 1.52. The molecular formula is C20H23N5O4. The van der Waals surface area contributed by atoms with Crippen LogP contribution in [0.2, 0.25) is 0 Å². The Kier molecular flexibility index (Phi) is 6.06. The lowest BCUT2D eigenvalue weighted by Gasteiger charge is -2.23. The lowest BCUT2D eigenvalue weighted by Crippen LogP contribution is -2.37. The van der Waals surface area contributed by atoms with Crippen molar-refractivity contribution < 1.29 is 19.4 Å². The van der Waals surface area contributed by atoms with Crippen molar-refractivity contribution in [2.24, 2.45) is 11.7 Å². The van der Waals surface area contributed by atoms with Crippen molar-refractivity contribution in [1.82, 2.24) is 14.9 Å². The van der Waals surface area contributed by atoms with Gasteiger partial charge in [0.2, 0.25) is 5.91 Å². The fourth-order valence-electron chi connectivity index (χ4n) is 3.46. The van der Waals surface area contributed by atoms with E-state index in [-0.39, 0.29) is 30.1 Å². The first-order chi connectivity index (χ1) is 13.8. The number of amidine groups is 1. The van der Waals surface area contributed by atoms with Crippen LogP contribution in [0, 0.1) is 11.3 Å². The second-order valence-corrected chi connectivity index (χ2v) is 7.07. The highest BCUT2D eigenvalue weighted by Gasteiger charge is 2.35. The molecule has 3 rings (SSSR count). The van der Waals surface area contributed by atoms with E-state index in [1.807, 2.05) is 12.1 Å². The zero-order valence-corrected chi connectivity index (χ0v) is 16.0. The Morgan fingerprint density at radius 2 is 1.93 bits per heavy atom. The van der Waals surface area contributed by atoms with Crippen molar-refractivity contribution in [3.05, 3.63) is 42.2 Å². The zero-order chi connectivity index (χ0) is 21.0. The van der Waals surface area contributed by atoms with Crippen LogP contribution in [-0.2, 0) is 9.59 Å². The summed E-state index contributed by atoms with van der Waals surface area (Å²) < 4.78 is 5.84. The van der Waals surface area contributed by atoms with Gasteiger partial charge >= 0.3 is 5.97 Å². The minimum atomic E-state index is -0.853. The SMILES string of the molecule is CC(=O)N1C[C@H](CC(=O)O)C[C@H]1COc1ccc(-c2ncc(C(=N)N)cn2)cc1. The number of ether oxygens (including phenoxy) is 1. The van der Waals surface area contributed by atoms with Crippen molar-refractivity contribution in [1.29, 1.82) is 5.41 Å². The molecule has 1 aliphatic rings. The lowest BCUT2D eigenvalue weighted by molar-refractivity contribution is -0.138. The average Bonchev–Trinajstić information content (AvgIpc) is 3.09. The third kappa shape index (κ3) is 5.07. The molecule has 1 aromatic heterocycles.